The Labute approximate surface area is 160 Å². The van der Waals surface area contributed by atoms with Gasteiger partial charge in [-0.3, -0.25) is 9.59 Å². The number of carbonyl (C=O) groups is 1. The molecule has 0 spiro atoms. The Kier molecular flexibility index (Phi) is 4.68. The largest absolute Gasteiger partial charge is 0.347 e. The number of aromatic nitrogens is 2. The van der Waals surface area contributed by atoms with Gasteiger partial charge < -0.3 is 5.32 Å². The van der Waals surface area contributed by atoms with Gasteiger partial charge in [0.2, 0.25) is 0 Å². The van der Waals surface area contributed by atoms with E-state index in [0.29, 0.717) is 22.0 Å². The lowest BCUT2D eigenvalue weighted by atomic mass is 10.1. The quantitative estimate of drug-likeness (QED) is 0.596. The molecule has 1 aromatic heterocycles. The Balaban J connectivity index is 1.76. The van der Waals surface area contributed by atoms with E-state index in [1.807, 2.05) is 6.07 Å². The summed E-state index contributed by atoms with van der Waals surface area (Å²) in [5.41, 5.74) is 1.03. The van der Waals surface area contributed by atoms with Crippen LogP contribution in [0.5, 0.6) is 0 Å². The van der Waals surface area contributed by atoms with Crippen molar-refractivity contribution in [2.45, 2.75) is 6.54 Å². The highest BCUT2D eigenvalue weighted by Gasteiger charge is 2.17. The SMILES string of the molecule is O=C(NCc1cccc(F)c1)c1nn(-c2ccccc2)c(=O)c2ccccc12. The molecule has 5 nitrogen and oxygen atoms in total. The normalized spacial score (nSPS) is 10.8. The molecule has 4 rings (SSSR count). The fraction of sp³-hybridized carbons (Fsp3) is 0.0455. The Morgan fingerprint density at radius 1 is 0.929 bits per heavy atom. The van der Waals surface area contributed by atoms with Crippen LogP contribution in [0.25, 0.3) is 16.5 Å². The number of hydrogen-bond acceptors (Lipinski definition) is 3. The zero-order chi connectivity index (χ0) is 19.5. The second kappa shape index (κ2) is 7.44. The number of halogens is 1. The second-order valence-corrected chi connectivity index (χ2v) is 6.26. The first-order valence-corrected chi connectivity index (χ1v) is 8.73. The summed E-state index contributed by atoms with van der Waals surface area (Å²) in [6.07, 6.45) is 0. The third-order valence-electron chi connectivity index (χ3n) is 4.36. The van der Waals surface area contributed by atoms with Crippen molar-refractivity contribution in [2.24, 2.45) is 0 Å². The first-order chi connectivity index (χ1) is 13.6. The molecule has 0 radical (unpaired) electrons. The summed E-state index contributed by atoms with van der Waals surface area (Å²) in [7, 11) is 0. The standard InChI is InChI=1S/C22H16FN3O2/c23-16-8-6-7-15(13-16)14-24-21(27)20-18-11-4-5-12-19(18)22(28)26(25-20)17-9-2-1-3-10-17/h1-13H,14H2,(H,24,27). The van der Waals surface area contributed by atoms with E-state index >= 15 is 0 Å². The van der Waals surface area contributed by atoms with Crippen molar-refractivity contribution in [2.75, 3.05) is 0 Å². The smallest absolute Gasteiger partial charge is 0.279 e. The Morgan fingerprint density at radius 2 is 1.64 bits per heavy atom. The summed E-state index contributed by atoms with van der Waals surface area (Å²) < 4.78 is 14.6. The van der Waals surface area contributed by atoms with Gasteiger partial charge in [0.05, 0.1) is 11.1 Å². The molecule has 0 aliphatic carbocycles. The van der Waals surface area contributed by atoms with Gasteiger partial charge >= 0.3 is 0 Å². The van der Waals surface area contributed by atoms with Crippen LogP contribution in [-0.4, -0.2) is 15.7 Å². The number of carbonyl (C=O) groups excluding carboxylic acids is 1. The van der Waals surface area contributed by atoms with E-state index in [1.54, 1.807) is 60.7 Å². The fourth-order valence-corrected chi connectivity index (χ4v) is 3.01. The van der Waals surface area contributed by atoms with Crippen molar-refractivity contribution in [1.29, 1.82) is 0 Å². The van der Waals surface area contributed by atoms with E-state index in [1.165, 1.54) is 16.8 Å². The third-order valence-corrected chi connectivity index (χ3v) is 4.36. The molecular weight excluding hydrogens is 357 g/mol. The van der Waals surface area contributed by atoms with Crippen molar-refractivity contribution in [3.05, 3.63) is 106 Å². The lowest BCUT2D eigenvalue weighted by Crippen LogP contribution is -2.29. The predicted molar refractivity (Wildman–Crippen MR) is 105 cm³/mol. The number of nitrogens with one attached hydrogen (secondary N) is 1. The molecule has 0 saturated carbocycles. The summed E-state index contributed by atoms with van der Waals surface area (Å²) in [5.74, 6) is -0.807. The van der Waals surface area contributed by atoms with Crippen LogP contribution in [0.3, 0.4) is 0 Å². The molecule has 0 bridgehead atoms. The highest BCUT2D eigenvalue weighted by Crippen LogP contribution is 2.15. The van der Waals surface area contributed by atoms with E-state index < -0.39 is 5.91 Å². The Bertz CT molecular complexity index is 1220. The van der Waals surface area contributed by atoms with Gasteiger partial charge in [0.25, 0.3) is 11.5 Å². The van der Waals surface area contributed by atoms with Crippen LogP contribution in [0.2, 0.25) is 0 Å². The van der Waals surface area contributed by atoms with Crippen molar-refractivity contribution in [3.63, 3.8) is 0 Å². The minimum Gasteiger partial charge on any atom is -0.347 e. The van der Waals surface area contributed by atoms with Crippen molar-refractivity contribution < 1.29 is 9.18 Å². The third kappa shape index (κ3) is 3.40. The molecule has 6 heteroatoms. The van der Waals surface area contributed by atoms with Gasteiger partial charge in [0, 0.05) is 11.9 Å². The van der Waals surface area contributed by atoms with Gasteiger partial charge in [0.15, 0.2) is 5.69 Å². The Morgan fingerprint density at radius 3 is 2.39 bits per heavy atom. The number of rotatable bonds is 4. The first-order valence-electron chi connectivity index (χ1n) is 8.73. The average molecular weight is 373 g/mol. The number of nitrogens with zero attached hydrogens (tertiary/aromatic N) is 2. The molecule has 138 valence electrons. The highest BCUT2D eigenvalue weighted by atomic mass is 19.1. The maximum Gasteiger partial charge on any atom is 0.279 e. The summed E-state index contributed by atoms with van der Waals surface area (Å²) in [4.78, 5) is 25.7. The zero-order valence-corrected chi connectivity index (χ0v) is 14.8. The molecule has 1 heterocycles. The van der Waals surface area contributed by atoms with Crippen LogP contribution in [0.1, 0.15) is 16.1 Å². The molecule has 3 aromatic carbocycles. The molecular formula is C22H16FN3O2. The van der Waals surface area contributed by atoms with Gasteiger partial charge in [-0.15, -0.1) is 0 Å². The lowest BCUT2D eigenvalue weighted by Gasteiger charge is -2.11. The Hall–Kier alpha value is -3.80. The van der Waals surface area contributed by atoms with Crippen LogP contribution in [-0.2, 0) is 6.54 Å². The lowest BCUT2D eigenvalue weighted by molar-refractivity contribution is 0.0946. The molecule has 1 N–H and O–H groups in total. The van der Waals surface area contributed by atoms with E-state index in [2.05, 4.69) is 10.4 Å². The van der Waals surface area contributed by atoms with Crippen LogP contribution < -0.4 is 10.9 Å². The molecule has 0 atom stereocenters. The van der Waals surface area contributed by atoms with E-state index in [0.717, 1.165) is 0 Å². The molecule has 0 unspecified atom stereocenters. The number of para-hydroxylation sites is 1. The van der Waals surface area contributed by atoms with Crippen LogP contribution in [0.4, 0.5) is 4.39 Å². The molecule has 28 heavy (non-hydrogen) atoms. The van der Waals surface area contributed by atoms with Gasteiger partial charge in [0.1, 0.15) is 5.82 Å². The summed E-state index contributed by atoms with van der Waals surface area (Å²) in [6, 6.07) is 21.8. The minimum absolute atomic E-state index is 0.135. The van der Waals surface area contributed by atoms with Gasteiger partial charge in [-0.25, -0.2) is 4.39 Å². The van der Waals surface area contributed by atoms with Crippen molar-refractivity contribution in [1.82, 2.24) is 15.1 Å². The zero-order valence-electron chi connectivity index (χ0n) is 14.8. The predicted octanol–water partition coefficient (Wildman–Crippen LogP) is 3.45. The first kappa shape index (κ1) is 17.6. The van der Waals surface area contributed by atoms with Crippen LogP contribution in [0, 0.1) is 5.82 Å². The van der Waals surface area contributed by atoms with Gasteiger partial charge in [-0.05, 0) is 35.9 Å². The molecule has 0 aliphatic rings. The second-order valence-electron chi connectivity index (χ2n) is 6.26. The van der Waals surface area contributed by atoms with E-state index in [-0.39, 0.29) is 23.6 Å². The number of hydrogen-bond donors (Lipinski definition) is 1. The number of benzene rings is 3. The number of amides is 1. The van der Waals surface area contributed by atoms with Crippen LogP contribution >= 0.6 is 0 Å². The maximum absolute atomic E-state index is 13.3. The number of fused-ring (bicyclic) bond motifs is 1. The molecule has 0 saturated heterocycles. The van der Waals surface area contributed by atoms with E-state index in [4.69, 9.17) is 0 Å². The van der Waals surface area contributed by atoms with Crippen molar-refractivity contribution in [3.8, 4) is 5.69 Å². The molecule has 0 aliphatic heterocycles. The van der Waals surface area contributed by atoms with Gasteiger partial charge in [-0.1, -0.05) is 48.5 Å². The molecule has 4 aromatic rings. The van der Waals surface area contributed by atoms with E-state index in [9.17, 15) is 14.0 Å². The van der Waals surface area contributed by atoms with Crippen molar-refractivity contribution >= 4 is 16.7 Å². The summed E-state index contributed by atoms with van der Waals surface area (Å²) in [5, 5.41) is 7.94. The molecule has 1 amide bonds. The molecule has 0 fully saturated rings. The highest BCUT2D eigenvalue weighted by molar-refractivity contribution is 6.04. The van der Waals surface area contributed by atoms with Gasteiger partial charge in [-0.2, -0.15) is 9.78 Å². The average Bonchev–Trinajstić information content (AvgIpc) is 2.73. The fourth-order valence-electron chi connectivity index (χ4n) is 3.01. The summed E-state index contributed by atoms with van der Waals surface area (Å²) >= 11 is 0. The monoisotopic (exact) mass is 373 g/mol. The maximum atomic E-state index is 13.3. The summed E-state index contributed by atoms with van der Waals surface area (Å²) in [6.45, 7) is 0.150. The van der Waals surface area contributed by atoms with Crippen LogP contribution in [0.15, 0.2) is 83.7 Å². The topological polar surface area (TPSA) is 64.0 Å². The minimum atomic E-state index is -0.440.